The molecule has 0 aliphatic rings. The third-order valence-corrected chi connectivity index (χ3v) is 11.5. The van der Waals surface area contributed by atoms with Gasteiger partial charge in [-0.05, 0) is 151 Å². The summed E-state index contributed by atoms with van der Waals surface area (Å²) in [7, 11) is 1.56. The van der Waals surface area contributed by atoms with Gasteiger partial charge in [0.05, 0.1) is 18.2 Å². The molecule has 0 spiro atoms. The highest BCUT2D eigenvalue weighted by molar-refractivity contribution is 5.93. The van der Waals surface area contributed by atoms with Crippen LogP contribution in [0.3, 0.4) is 0 Å². The lowest BCUT2D eigenvalue weighted by molar-refractivity contribution is -0.373. The Labute approximate surface area is 435 Å². The summed E-state index contributed by atoms with van der Waals surface area (Å²) >= 11 is 0. The fourth-order valence-electron chi connectivity index (χ4n) is 7.34. The van der Waals surface area contributed by atoms with Crippen LogP contribution < -0.4 is 23.8 Å². The molecule has 0 saturated heterocycles. The number of ether oxygens (including phenoxy) is 6. The van der Waals surface area contributed by atoms with Gasteiger partial charge in [-0.15, -0.1) is 0 Å². The molecule has 0 atom stereocenters. The second kappa shape index (κ2) is 23.3. The van der Waals surface area contributed by atoms with Gasteiger partial charge in [-0.1, -0.05) is 71.8 Å². The number of rotatable bonds is 19. The van der Waals surface area contributed by atoms with Crippen LogP contribution in [-0.4, -0.2) is 68.1 Å². The summed E-state index contributed by atoms with van der Waals surface area (Å²) in [5.74, 6) is -29.9. The van der Waals surface area contributed by atoms with Crippen molar-refractivity contribution in [2.45, 2.75) is 44.5 Å². The van der Waals surface area contributed by atoms with Gasteiger partial charge in [-0.2, -0.15) is 35.1 Å². The Kier molecular flexibility index (Phi) is 16.8. The largest absolute Gasteiger partial charge is 0.519 e. The first-order valence-corrected chi connectivity index (χ1v) is 23.1. The molecule has 0 bridgehead atoms. The van der Waals surface area contributed by atoms with Gasteiger partial charge in [0, 0.05) is 24.0 Å². The zero-order valence-electron chi connectivity index (χ0n) is 41.2. The van der Waals surface area contributed by atoms with Crippen LogP contribution in [-0.2, 0) is 14.3 Å². The summed E-state index contributed by atoms with van der Waals surface area (Å²) in [6, 6.07) is 45.7. The minimum Gasteiger partial charge on any atom is -0.497 e. The summed E-state index contributed by atoms with van der Waals surface area (Å²) in [6.07, 6.45) is 0.746. The van der Waals surface area contributed by atoms with Crippen molar-refractivity contribution in [2.75, 3.05) is 25.2 Å². The minimum absolute atomic E-state index is 0.0520. The monoisotopic (exact) mass is 1070 g/mol. The van der Waals surface area contributed by atoms with E-state index >= 15 is 0 Å². The second-order valence-corrected chi connectivity index (χ2v) is 17.2. The van der Waals surface area contributed by atoms with E-state index in [2.05, 4.69) is 62.9 Å². The molecular formula is C58H45F8NO10. The van der Waals surface area contributed by atoms with E-state index in [1.165, 1.54) is 12.1 Å². The van der Waals surface area contributed by atoms with E-state index < -0.39 is 72.1 Å². The van der Waals surface area contributed by atoms with Crippen molar-refractivity contribution in [3.05, 3.63) is 209 Å². The Morgan fingerprint density at radius 1 is 0.442 bits per heavy atom. The molecule has 7 aromatic rings. The van der Waals surface area contributed by atoms with Crippen molar-refractivity contribution in [1.82, 2.24) is 0 Å². The SMILES string of the molecule is COc1ccc(C(=Cc2ccc(N(c3ccc(C)cc3)c3ccc(C)cc3)cc2)c2ccc(OC(=O)Oc3ccc(C(=O)OCC(F)(F)C(F)(F)C(F)(F)C(F)(F)COC(=O)c4ccc(OC(C)=O)cc4)cc3)cc2)cc1. The minimum atomic E-state index is -6.88. The van der Waals surface area contributed by atoms with Crippen LogP contribution in [0, 0.1) is 13.8 Å². The lowest BCUT2D eigenvalue weighted by Crippen LogP contribution is -2.64. The van der Waals surface area contributed by atoms with Crippen molar-refractivity contribution >= 4 is 52.8 Å². The average molecular weight is 1070 g/mol. The lowest BCUT2D eigenvalue weighted by atomic mass is 9.95. The number of methoxy groups -OCH3 is 1. The van der Waals surface area contributed by atoms with E-state index in [1.54, 1.807) is 19.2 Å². The number of halogens is 8. The fraction of sp³-hybridized carbons (Fsp3) is 0.172. The zero-order chi connectivity index (χ0) is 55.7. The Morgan fingerprint density at radius 3 is 1.12 bits per heavy atom. The van der Waals surface area contributed by atoms with Crippen molar-refractivity contribution in [3.63, 3.8) is 0 Å². The number of anilines is 3. The maximum absolute atomic E-state index is 14.6. The summed E-state index contributed by atoms with van der Waals surface area (Å²) in [4.78, 5) is 50.6. The van der Waals surface area contributed by atoms with Gasteiger partial charge in [-0.25, -0.2) is 14.4 Å². The first kappa shape index (κ1) is 55.7. The van der Waals surface area contributed by atoms with Crippen molar-refractivity contribution in [2.24, 2.45) is 0 Å². The van der Waals surface area contributed by atoms with E-state index in [9.17, 15) is 54.3 Å². The summed E-state index contributed by atoms with van der Waals surface area (Å²) in [5.41, 5.74) is 7.23. The average Bonchev–Trinajstić information content (AvgIpc) is 3.45. The molecule has 0 aliphatic carbocycles. The number of benzene rings is 7. The summed E-state index contributed by atoms with van der Waals surface area (Å²) in [5, 5.41) is 0. The molecule has 0 N–H and O–H groups in total. The standard InChI is InChI=1S/C58H45F8NO10/c1-36-5-19-44(20-6-36)67(45-21-7-37(2)8-22-45)46-23-9-39(10-24-46)33-51(40-11-25-47(72-4)26-12-40)41-13-27-49(28-14-41)76-54(71)77-50-31-17-43(18-32-50)53(70)74-35-56(61,62)58(65,66)57(63,64)55(59,60)34-73-52(69)42-15-29-48(30-16-42)75-38(3)68/h5-33H,34-35H2,1-4H3. The Balaban J connectivity index is 0.967. The van der Waals surface area contributed by atoms with Crippen LogP contribution in [0.25, 0.3) is 11.6 Å². The number of aryl methyl sites for hydroxylation is 2. The molecule has 7 aromatic carbocycles. The number of hydrogen-bond donors (Lipinski definition) is 0. The summed E-state index contributed by atoms with van der Waals surface area (Å²) < 4.78 is 145. The number of esters is 3. The van der Waals surface area contributed by atoms with Gasteiger partial charge in [0.25, 0.3) is 0 Å². The Morgan fingerprint density at radius 2 is 0.766 bits per heavy atom. The molecule has 0 unspecified atom stereocenters. The number of alkyl halides is 8. The number of hydrogen-bond acceptors (Lipinski definition) is 11. The van der Waals surface area contributed by atoms with E-state index in [1.807, 2.05) is 68.5 Å². The lowest BCUT2D eigenvalue weighted by Gasteiger charge is -2.36. The van der Waals surface area contributed by atoms with Crippen molar-refractivity contribution in [3.8, 4) is 23.0 Å². The second-order valence-electron chi connectivity index (χ2n) is 17.2. The molecule has 0 aromatic heterocycles. The molecule has 77 heavy (non-hydrogen) atoms. The molecule has 7 rings (SSSR count). The number of carbonyl (C=O) groups is 4. The van der Waals surface area contributed by atoms with Crippen molar-refractivity contribution < 1.29 is 82.7 Å². The van der Waals surface area contributed by atoms with Crippen LogP contribution >= 0.6 is 0 Å². The van der Waals surface area contributed by atoms with Crippen LogP contribution in [0.15, 0.2) is 170 Å². The third-order valence-electron chi connectivity index (χ3n) is 11.5. The maximum Gasteiger partial charge on any atom is 0.519 e. The molecule has 0 fully saturated rings. The summed E-state index contributed by atoms with van der Waals surface area (Å²) in [6.45, 7) is -0.460. The Hall–Kier alpha value is -9.00. The van der Waals surface area contributed by atoms with Gasteiger partial charge >= 0.3 is 47.8 Å². The van der Waals surface area contributed by atoms with E-state index in [0.29, 0.717) is 5.75 Å². The molecule has 398 valence electrons. The topological polar surface area (TPSA) is 127 Å². The van der Waals surface area contributed by atoms with Crippen LogP contribution in [0.1, 0.15) is 55.5 Å². The van der Waals surface area contributed by atoms with E-state index in [0.717, 1.165) is 106 Å². The maximum atomic E-state index is 14.6. The van der Waals surface area contributed by atoms with Gasteiger partial charge in [-0.3, -0.25) is 4.79 Å². The molecule has 0 saturated carbocycles. The quantitative estimate of drug-likeness (QED) is 0.0252. The van der Waals surface area contributed by atoms with Crippen LogP contribution in [0.4, 0.5) is 57.0 Å². The van der Waals surface area contributed by atoms with E-state index in [-0.39, 0.29) is 17.2 Å². The van der Waals surface area contributed by atoms with Gasteiger partial charge in [0.15, 0.2) is 13.2 Å². The molecular weight excluding hydrogens is 1020 g/mol. The molecule has 0 amide bonds. The molecule has 11 nitrogen and oxygen atoms in total. The van der Waals surface area contributed by atoms with Gasteiger partial charge in [0.2, 0.25) is 0 Å². The Bertz CT molecular complexity index is 3180. The predicted molar refractivity (Wildman–Crippen MR) is 268 cm³/mol. The van der Waals surface area contributed by atoms with Crippen LogP contribution in [0.5, 0.6) is 23.0 Å². The molecule has 0 aliphatic heterocycles. The zero-order valence-corrected chi connectivity index (χ0v) is 41.2. The normalized spacial score (nSPS) is 12.0. The first-order valence-electron chi connectivity index (χ1n) is 23.1. The first-order chi connectivity index (χ1) is 36.5. The molecule has 0 heterocycles. The number of carbonyl (C=O) groups excluding carboxylic acids is 4. The van der Waals surface area contributed by atoms with Gasteiger partial charge < -0.3 is 33.3 Å². The fourth-order valence-corrected chi connectivity index (χ4v) is 7.34. The van der Waals surface area contributed by atoms with Crippen molar-refractivity contribution in [1.29, 1.82) is 0 Å². The highest BCUT2D eigenvalue weighted by Crippen LogP contribution is 2.53. The van der Waals surface area contributed by atoms with Gasteiger partial charge in [0.1, 0.15) is 23.0 Å². The predicted octanol–water partition coefficient (Wildman–Crippen LogP) is 14.4. The molecule has 0 radical (unpaired) electrons. The molecule has 19 heteroatoms. The van der Waals surface area contributed by atoms with Crippen LogP contribution in [0.2, 0.25) is 0 Å². The highest BCUT2D eigenvalue weighted by atomic mass is 19.4. The highest BCUT2D eigenvalue weighted by Gasteiger charge is 2.81. The third kappa shape index (κ3) is 13.3. The van der Waals surface area contributed by atoms with E-state index in [4.69, 9.17) is 18.9 Å². The smallest absolute Gasteiger partial charge is 0.497 e. The number of nitrogens with zero attached hydrogens (tertiary/aromatic N) is 1.